The molecule has 4 atom stereocenters. The van der Waals surface area contributed by atoms with Gasteiger partial charge in [0.2, 0.25) is 5.60 Å². The monoisotopic (exact) mass is 498 g/mol. The van der Waals surface area contributed by atoms with Gasteiger partial charge < -0.3 is 21.1 Å². The van der Waals surface area contributed by atoms with Crippen LogP contribution in [0.3, 0.4) is 0 Å². The van der Waals surface area contributed by atoms with E-state index in [0.717, 1.165) is 11.1 Å². The van der Waals surface area contributed by atoms with Gasteiger partial charge in [0.25, 0.3) is 11.8 Å². The van der Waals surface area contributed by atoms with Crippen LogP contribution in [0.15, 0.2) is 72.8 Å². The van der Waals surface area contributed by atoms with Crippen LogP contribution >= 0.6 is 0 Å². The summed E-state index contributed by atoms with van der Waals surface area (Å²) < 4.78 is 5.99. The third-order valence-corrected chi connectivity index (χ3v) is 7.43. The van der Waals surface area contributed by atoms with Gasteiger partial charge in [-0.15, -0.1) is 0 Å². The lowest BCUT2D eigenvalue weighted by molar-refractivity contribution is -0.172. The van der Waals surface area contributed by atoms with Gasteiger partial charge in [-0.1, -0.05) is 60.7 Å². The van der Waals surface area contributed by atoms with Gasteiger partial charge in [-0.3, -0.25) is 9.59 Å². The highest BCUT2D eigenvalue weighted by Gasteiger charge is 2.51. The van der Waals surface area contributed by atoms with Gasteiger partial charge in [0.1, 0.15) is 11.7 Å². The number of fused-ring (bicyclic) bond motifs is 1. The molecule has 190 valence electrons. The number of pyridine rings is 1. The number of rotatable bonds is 6. The van der Waals surface area contributed by atoms with Crippen molar-refractivity contribution in [3.05, 3.63) is 101 Å². The summed E-state index contributed by atoms with van der Waals surface area (Å²) >= 11 is 0. The second-order valence-electron chi connectivity index (χ2n) is 9.82. The Morgan fingerprint density at radius 1 is 1.03 bits per heavy atom. The molecule has 2 aliphatic rings. The van der Waals surface area contributed by atoms with E-state index >= 15 is 0 Å². The van der Waals surface area contributed by atoms with Crippen LogP contribution in [0.5, 0.6) is 0 Å². The number of amides is 2. The molecule has 0 saturated carbocycles. The normalized spacial score (nSPS) is 23.4. The van der Waals surface area contributed by atoms with Crippen LogP contribution < -0.4 is 11.5 Å². The van der Waals surface area contributed by atoms with Gasteiger partial charge in [-0.2, -0.15) is 0 Å². The number of aryl methyl sites for hydroxylation is 1. The molecule has 1 aromatic heterocycles. The van der Waals surface area contributed by atoms with Gasteiger partial charge in [0.15, 0.2) is 0 Å². The third kappa shape index (κ3) is 4.49. The first-order valence-corrected chi connectivity index (χ1v) is 12.5. The number of hydrogen-bond donors (Lipinski definition) is 2. The molecule has 1 aliphatic carbocycles. The SMILES string of the molecule is CC(N)c1cccc(C(=O)N2CC(c3ccccc3)CC2C(=O)OC2(C(N)=O)CCc3ccccc32)n1. The van der Waals surface area contributed by atoms with Crippen LogP contribution in [0.25, 0.3) is 0 Å². The summed E-state index contributed by atoms with van der Waals surface area (Å²) in [6.07, 6.45) is 1.20. The van der Waals surface area contributed by atoms with E-state index < -0.39 is 23.5 Å². The zero-order valence-corrected chi connectivity index (χ0v) is 20.7. The smallest absolute Gasteiger partial charge is 0.330 e. The van der Waals surface area contributed by atoms with E-state index in [-0.39, 0.29) is 30.0 Å². The number of nitrogens with zero attached hydrogens (tertiary/aromatic N) is 2. The molecular weight excluding hydrogens is 468 g/mol. The van der Waals surface area contributed by atoms with Crippen molar-refractivity contribution < 1.29 is 19.1 Å². The number of nitrogens with two attached hydrogens (primary N) is 2. The predicted molar refractivity (Wildman–Crippen MR) is 137 cm³/mol. The maximum Gasteiger partial charge on any atom is 0.330 e. The lowest BCUT2D eigenvalue weighted by atomic mass is 9.94. The Morgan fingerprint density at radius 2 is 1.76 bits per heavy atom. The molecule has 1 aliphatic heterocycles. The molecule has 0 radical (unpaired) electrons. The molecule has 2 aromatic carbocycles. The first kappa shape index (κ1) is 24.6. The second kappa shape index (κ2) is 9.78. The molecule has 8 nitrogen and oxygen atoms in total. The average Bonchev–Trinajstić information content (AvgIpc) is 3.52. The maximum atomic E-state index is 13.8. The summed E-state index contributed by atoms with van der Waals surface area (Å²) in [6, 6.07) is 21.0. The summed E-state index contributed by atoms with van der Waals surface area (Å²) in [5.41, 5.74) is 13.6. The highest BCUT2D eigenvalue weighted by molar-refractivity contribution is 5.97. The highest BCUT2D eigenvalue weighted by Crippen LogP contribution is 2.42. The number of esters is 1. The summed E-state index contributed by atoms with van der Waals surface area (Å²) in [5.74, 6) is -1.83. The zero-order chi connectivity index (χ0) is 26.2. The Kier molecular flexibility index (Phi) is 6.52. The number of benzene rings is 2. The summed E-state index contributed by atoms with van der Waals surface area (Å²) in [5, 5.41) is 0. The van der Waals surface area contributed by atoms with Gasteiger partial charge in [-0.05, 0) is 43.0 Å². The number of ether oxygens (including phenoxy) is 1. The fourth-order valence-electron chi connectivity index (χ4n) is 5.45. The molecule has 37 heavy (non-hydrogen) atoms. The minimum atomic E-state index is -1.56. The maximum absolute atomic E-state index is 13.8. The van der Waals surface area contributed by atoms with Crippen molar-refractivity contribution in [1.82, 2.24) is 9.88 Å². The summed E-state index contributed by atoms with van der Waals surface area (Å²) in [4.78, 5) is 46.1. The Hall–Kier alpha value is -4.04. The molecule has 4 N–H and O–H groups in total. The number of aromatic nitrogens is 1. The van der Waals surface area contributed by atoms with Gasteiger partial charge in [0.05, 0.1) is 5.69 Å². The Morgan fingerprint density at radius 3 is 2.49 bits per heavy atom. The number of hydrogen-bond acceptors (Lipinski definition) is 6. The van der Waals surface area contributed by atoms with Crippen molar-refractivity contribution in [3.8, 4) is 0 Å². The van der Waals surface area contributed by atoms with E-state index in [1.807, 2.05) is 42.5 Å². The van der Waals surface area contributed by atoms with E-state index in [4.69, 9.17) is 16.2 Å². The fraction of sp³-hybridized carbons (Fsp3) is 0.310. The van der Waals surface area contributed by atoms with Crippen LogP contribution in [0.2, 0.25) is 0 Å². The minimum Gasteiger partial charge on any atom is -0.442 e. The number of carbonyl (C=O) groups is 3. The minimum absolute atomic E-state index is 0.0836. The molecule has 2 heterocycles. The molecule has 1 saturated heterocycles. The van der Waals surface area contributed by atoms with Crippen LogP contribution in [0, 0.1) is 0 Å². The van der Waals surface area contributed by atoms with E-state index in [1.54, 1.807) is 37.3 Å². The molecule has 3 aromatic rings. The molecule has 0 spiro atoms. The van der Waals surface area contributed by atoms with Crippen LogP contribution in [0.1, 0.15) is 64.6 Å². The molecule has 0 bridgehead atoms. The van der Waals surface area contributed by atoms with Crippen molar-refractivity contribution in [1.29, 1.82) is 0 Å². The predicted octanol–water partition coefficient (Wildman–Crippen LogP) is 2.97. The Labute approximate surface area is 215 Å². The number of likely N-dealkylation sites (tertiary alicyclic amines) is 1. The van der Waals surface area contributed by atoms with Crippen LogP contribution in [-0.4, -0.2) is 40.3 Å². The van der Waals surface area contributed by atoms with E-state index in [0.29, 0.717) is 30.6 Å². The fourth-order valence-corrected chi connectivity index (χ4v) is 5.45. The topological polar surface area (TPSA) is 129 Å². The molecule has 5 rings (SSSR count). The Bertz CT molecular complexity index is 1340. The van der Waals surface area contributed by atoms with Crippen molar-refractivity contribution in [3.63, 3.8) is 0 Å². The summed E-state index contributed by atoms with van der Waals surface area (Å²) in [6.45, 7) is 2.10. The number of primary amides is 1. The van der Waals surface area contributed by atoms with Gasteiger partial charge >= 0.3 is 5.97 Å². The lowest BCUT2D eigenvalue weighted by Crippen LogP contribution is -2.48. The lowest BCUT2D eigenvalue weighted by Gasteiger charge is -2.30. The van der Waals surface area contributed by atoms with Crippen LogP contribution in [-0.2, 0) is 26.3 Å². The number of carbonyl (C=O) groups excluding carboxylic acids is 3. The Balaban J connectivity index is 1.48. The molecule has 8 heteroatoms. The first-order valence-electron chi connectivity index (χ1n) is 12.5. The standard InChI is InChI=1S/C29H30N4O4/c1-18(30)23-12-7-13-24(32-23)26(34)33-17-21(19-8-3-2-4-9-19)16-25(33)27(35)37-29(28(31)36)15-14-20-10-5-6-11-22(20)29/h2-13,18,21,25H,14-17,30H2,1H3,(H2,31,36). The highest BCUT2D eigenvalue weighted by atomic mass is 16.6. The largest absolute Gasteiger partial charge is 0.442 e. The van der Waals surface area contributed by atoms with Gasteiger partial charge in [0, 0.05) is 30.5 Å². The average molecular weight is 499 g/mol. The molecular formula is C29H30N4O4. The quantitative estimate of drug-likeness (QED) is 0.503. The van der Waals surface area contributed by atoms with E-state index in [1.165, 1.54) is 4.90 Å². The molecule has 1 fully saturated rings. The second-order valence-corrected chi connectivity index (χ2v) is 9.82. The zero-order valence-electron chi connectivity index (χ0n) is 20.7. The van der Waals surface area contributed by atoms with Crippen molar-refractivity contribution in [2.75, 3.05) is 6.54 Å². The van der Waals surface area contributed by atoms with E-state index in [9.17, 15) is 14.4 Å². The van der Waals surface area contributed by atoms with Crippen LogP contribution in [0.4, 0.5) is 0 Å². The van der Waals surface area contributed by atoms with Gasteiger partial charge in [-0.25, -0.2) is 9.78 Å². The van der Waals surface area contributed by atoms with Crippen molar-refractivity contribution in [2.45, 2.75) is 49.8 Å². The summed E-state index contributed by atoms with van der Waals surface area (Å²) in [7, 11) is 0. The molecule has 2 amide bonds. The third-order valence-electron chi connectivity index (χ3n) is 7.43. The van der Waals surface area contributed by atoms with E-state index in [2.05, 4.69) is 4.98 Å². The molecule has 4 unspecified atom stereocenters. The first-order chi connectivity index (χ1) is 17.8. The van der Waals surface area contributed by atoms with Crippen molar-refractivity contribution in [2.24, 2.45) is 11.5 Å². The van der Waals surface area contributed by atoms with Crippen molar-refractivity contribution >= 4 is 17.8 Å².